The van der Waals surface area contributed by atoms with Crippen molar-refractivity contribution >= 4 is 22.7 Å². The van der Waals surface area contributed by atoms with Gasteiger partial charge in [-0.2, -0.15) is 0 Å². The van der Waals surface area contributed by atoms with Crippen LogP contribution >= 0.6 is 0 Å². The highest BCUT2D eigenvalue weighted by molar-refractivity contribution is 5.79. The number of hydrogen-bond acceptors (Lipinski definition) is 4. The summed E-state index contributed by atoms with van der Waals surface area (Å²) in [6.45, 7) is 9.24. The Bertz CT molecular complexity index is 1100. The van der Waals surface area contributed by atoms with E-state index in [1.165, 1.54) is 18.6 Å². The average Bonchev–Trinajstić information content (AvgIpc) is 3.10. The zero-order valence-electron chi connectivity index (χ0n) is 19.5. The van der Waals surface area contributed by atoms with Gasteiger partial charge in [-0.15, -0.1) is 13.2 Å². The first-order valence-corrected chi connectivity index (χ1v) is 11.5. The maximum Gasteiger partial charge on any atom is 0.573 e. The van der Waals surface area contributed by atoms with Crippen molar-refractivity contribution in [3.05, 3.63) is 42.7 Å². The summed E-state index contributed by atoms with van der Waals surface area (Å²) in [5, 5.41) is 3.33. The van der Waals surface area contributed by atoms with E-state index in [2.05, 4.69) is 47.3 Å². The number of nitrogens with one attached hydrogen (secondary N) is 1. The van der Waals surface area contributed by atoms with Gasteiger partial charge in [-0.05, 0) is 60.4 Å². The minimum absolute atomic E-state index is 0.187. The van der Waals surface area contributed by atoms with Gasteiger partial charge in [-0.3, -0.25) is 4.98 Å². The molecule has 1 unspecified atom stereocenters. The Hall–Kier alpha value is -2.77. The summed E-state index contributed by atoms with van der Waals surface area (Å²) in [6, 6.07) is 7.96. The highest BCUT2D eigenvalue weighted by Gasteiger charge is 2.43. The first-order valence-electron chi connectivity index (χ1n) is 11.5. The third kappa shape index (κ3) is 5.09. The topological polar surface area (TPSA) is 52.0 Å². The molecule has 0 aliphatic heterocycles. The molecule has 0 spiro atoms. The predicted octanol–water partition coefficient (Wildman–Crippen LogP) is 7.63. The molecular formula is C25H31F3N4O. The lowest BCUT2D eigenvalue weighted by Gasteiger charge is -2.48. The van der Waals surface area contributed by atoms with E-state index >= 15 is 0 Å². The Kier molecular flexibility index (Phi) is 6.05. The largest absolute Gasteiger partial charge is 0.573 e. The molecule has 33 heavy (non-hydrogen) atoms. The molecule has 1 atom stereocenters. The Morgan fingerprint density at radius 2 is 1.79 bits per heavy atom. The number of halogens is 3. The SMILES string of the molecule is CCC1(CC)CC(n2c(Nc3ccc(OC(F)(F)F)cc3)nc3cnccc32)CC(C)(C)C1. The van der Waals surface area contributed by atoms with Crippen LogP contribution in [0.1, 0.15) is 65.8 Å². The second-order valence-corrected chi connectivity index (χ2v) is 9.98. The third-order valence-corrected chi connectivity index (χ3v) is 7.01. The van der Waals surface area contributed by atoms with Gasteiger partial charge in [0.1, 0.15) is 11.3 Å². The molecule has 2 heterocycles. The number of hydrogen-bond donors (Lipinski definition) is 1. The van der Waals surface area contributed by atoms with Crippen LogP contribution in [0.5, 0.6) is 5.75 Å². The van der Waals surface area contributed by atoms with E-state index in [0.29, 0.717) is 11.6 Å². The summed E-state index contributed by atoms with van der Waals surface area (Å²) >= 11 is 0. The first-order chi connectivity index (χ1) is 15.5. The zero-order chi connectivity index (χ0) is 23.9. The molecule has 5 nitrogen and oxygen atoms in total. The van der Waals surface area contributed by atoms with Crippen LogP contribution in [0.4, 0.5) is 24.8 Å². The molecule has 2 aromatic heterocycles. The zero-order valence-corrected chi connectivity index (χ0v) is 19.5. The lowest BCUT2D eigenvalue weighted by Crippen LogP contribution is -2.38. The van der Waals surface area contributed by atoms with E-state index in [-0.39, 0.29) is 22.6 Å². The van der Waals surface area contributed by atoms with Gasteiger partial charge in [-0.1, -0.05) is 40.5 Å². The van der Waals surface area contributed by atoms with Crippen LogP contribution in [0.2, 0.25) is 0 Å². The van der Waals surface area contributed by atoms with Gasteiger partial charge in [0.25, 0.3) is 0 Å². The highest BCUT2D eigenvalue weighted by Crippen LogP contribution is 2.54. The summed E-state index contributed by atoms with van der Waals surface area (Å²) in [5.74, 6) is 0.418. The number of imidazole rings is 1. The minimum Gasteiger partial charge on any atom is -0.406 e. The van der Waals surface area contributed by atoms with Gasteiger partial charge in [0.05, 0.1) is 11.7 Å². The number of benzene rings is 1. The quantitative estimate of drug-likeness (QED) is 0.411. The van der Waals surface area contributed by atoms with E-state index in [1.807, 2.05) is 6.07 Å². The normalized spacial score (nSPS) is 20.0. The summed E-state index contributed by atoms with van der Waals surface area (Å²) in [5.41, 5.74) is 2.89. The molecule has 3 aromatic rings. The van der Waals surface area contributed by atoms with Gasteiger partial charge in [0, 0.05) is 17.9 Å². The van der Waals surface area contributed by atoms with E-state index in [9.17, 15) is 13.2 Å². The van der Waals surface area contributed by atoms with Crippen LogP contribution in [0.25, 0.3) is 11.0 Å². The number of nitrogens with zero attached hydrogens (tertiary/aromatic N) is 3. The van der Waals surface area contributed by atoms with Crippen LogP contribution < -0.4 is 10.1 Å². The molecule has 1 aliphatic carbocycles. The van der Waals surface area contributed by atoms with Crippen molar-refractivity contribution in [3.63, 3.8) is 0 Å². The first kappa shape index (κ1) is 23.4. The van der Waals surface area contributed by atoms with Crippen molar-refractivity contribution in [3.8, 4) is 5.75 Å². The molecule has 1 aliphatic rings. The Morgan fingerprint density at radius 1 is 1.09 bits per heavy atom. The monoisotopic (exact) mass is 460 g/mol. The molecule has 0 bridgehead atoms. The second-order valence-electron chi connectivity index (χ2n) is 9.98. The van der Waals surface area contributed by atoms with Crippen molar-refractivity contribution < 1.29 is 17.9 Å². The molecule has 178 valence electrons. The van der Waals surface area contributed by atoms with Crippen LogP contribution in [-0.2, 0) is 0 Å². The molecule has 1 N–H and O–H groups in total. The smallest absolute Gasteiger partial charge is 0.406 e. The van der Waals surface area contributed by atoms with E-state index in [0.717, 1.165) is 36.7 Å². The molecule has 0 saturated heterocycles. The van der Waals surface area contributed by atoms with Gasteiger partial charge in [-0.25, -0.2) is 4.98 Å². The van der Waals surface area contributed by atoms with Gasteiger partial charge < -0.3 is 14.6 Å². The van der Waals surface area contributed by atoms with Crippen LogP contribution in [0.15, 0.2) is 42.7 Å². The molecular weight excluding hydrogens is 429 g/mol. The Labute approximate surface area is 192 Å². The fourth-order valence-corrected chi connectivity index (χ4v) is 5.62. The van der Waals surface area contributed by atoms with Gasteiger partial charge in [0.15, 0.2) is 0 Å². The van der Waals surface area contributed by atoms with Crippen molar-refractivity contribution in [2.75, 3.05) is 5.32 Å². The lowest BCUT2D eigenvalue weighted by atomic mass is 9.59. The van der Waals surface area contributed by atoms with E-state index in [4.69, 9.17) is 4.98 Å². The summed E-state index contributed by atoms with van der Waals surface area (Å²) < 4.78 is 43.7. The molecule has 8 heteroatoms. The number of fused-ring (bicyclic) bond motifs is 1. The maximum absolute atomic E-state index is 12.5. The van der Waals surface area contributed by atoms with E-state index in [1.54, 1.807) is 24.5 Å². The fraction of sp³-hybridized carbons (Fsp3) is 0.520. The number of alkyl halides is 3. The van der Waals surface area contributed by atoms with Crippen LogP contribution in [0, 0.1) is 10.8 Å². The number of ether oxygens (including phenoxy) is 1. The number of pyridine rings is 1. The van der Waals surface area contributed by atoms with Crippen molar-refractivity contribution in [1.29, 1.82) is 0 Å². The molecule has 1 aromatic carbocycles. The van der Waals surface area contributed by atoms with Crippen molar-refractivity contribution in [1.82, 2.24) is 14.5 Å². The number of rotatable bonds is 6. The molecule has 1 saturated carbocycles. The van der Waals surface area contributed by atoms with Gasteiger partial charge >= 0.3 is 6.36 Å². The van der Waals surface area contributed by atoms with Crippen LogP contribution in [0.3, 0.4) is 0 Å². The maximum atomic E-state index is 12.5. The third-order valence-electron chi connectivity index (χ3n) is 7.01. The minimum atomic E-state index is -4.71. The van der Waals surface area contributed by atoms with Crippen LogP contribution in [-0.4, -0.2) is 20.9 Å². The predicted molar refractivity (Wildman–Crippen MR) is 124 cm³/mol. The lowest BCUT2D eigenvalue weighted by molar-refractivity contribution is -0.274. The highest BCUT2D eigenvalue weighted by atomic mass is 19.4. The Morgan fingerprint density at radius 3 is 2.42 bits per heavy atom. The second kappa shape index (κ2) is 8.54. The molecule has 4 rings (SSSR count). The van der Waals surface area contributed by atoms with Crippen molar-refractivity contribution in [2.45, 2.75) is 72.2 Å². The fourth-order valence-electron chi connectivity index (χ4n) is 5.62. The van der Waals surface area contributed by atoms with Gasteiger partial charge in [0.2, 0.25) is 5.95 Å². The molecule has 0 radical (unpaired) electrons. The molecule has 1 fully saturated rings. The molecule has 0 amide bonds. The summed E-state index contributed by atoms with van der Waals surface area (Å²) in [6.07, 6.45) is 4.34. The number of anilines is 2. The Balaban J connectivity index is 1.71. The van der Waals surface area contributed by atoms with Crippen molar-refractivity contribution in [2.24, 2.45) is 10.8 Å². The number of aromatic nitrogens is 3. The average molecular weight is 461 g/mol. The van der Waals surface area contributed by atoms with E-state index < -0.39 is 6.36 Å². The standard InChI is InChI=1S/C25H31F3N4O/c1-5-24(6-2)14-18(13-23(3,4)16-24)32-21-11-12-29-15-20(21)31-22(32)30-17-7-9-19(10-8-17)33-25(26,27)28/h7-12,15,18H,5-6,13-14,16H2,1-4H3,(H,30,31). The summed E-state index contributed by atoms with van der Waals surface area (Å²) in [4.78, 5) is 9.02. The summed E-state index contributed by atoms with van der Waals surface area (Å²) in [7, 11) is 0.